The minimum absolute atomic E-state index is 1.26. The largest absolute Gasteiger partial charge is 0.0616 e. The van der Waals surface area contributed by atoms with Gasteiger partial charge in [-0.15, -0.1) is 0 Å². The minimum Gasteiger partial charge on any atom is -0.0616 e. The normalized spacial score (nSPS) is 11.5. The van der Waals surface area contributed by atoms with Crippen molar-refractivity contribution in [2.24, 2.45) is 0 Å². The molecule has 0 fully saturated rings. The van der Waals surface area contributed by atoms with Crippen molar-refractivity contribution in [2.75, 3.05) is 0 Å². The average Bonchev–Trinajstić information content (AvgIpc) is 2.60. The zero-order chi connectivity index (χ0) is 14.8. The molecular formula is C22H16. The van der Waals surface area contributed by atoms with Crippen LogP contribution in [0.1, 0.15) is 11.1 Å². The lowest BCUT2D eigenvalue weighted by Gasteiger charge is -2.04. The molecule has 0 saturated carbocycles. The van der Waals surface area contributed by atoms with Crippen molar-refractivity contribution in [1.29, 1.82) is 0 Å². The number of rotatable bonds is 2. The summed E-state index contributed by atoms with van der Waals surface area (Å²) in [7, 11) is 0. The SMILES string of the molecule is C(=C\c1cccc2ccccc12)/c1cccc2ccccc12. The Labute approximate surface area is 130 Å². The molecule has 0 radical (unpaired) electrons. The van der Waals surface area contributed by atoms with Gasteiger partial charge in [0.05, 0.1) is 0 Å². The van der Waals surface area contributed by atoms with Crippen molar-refractivity contribution < 1.29 is 0 Å². The van der Waals surface area contributed by atoms with Gasteiger partial charge in [0.25, 0.3) is 0 Å². The van der Waals surface area contributed by atoms with E-state index in [2.05, 4.69) is 97.1 Å². The molecule has 0 heteroatoms. The Morgan fingerprint density at radius 2 is 0.818 bits per heavy atom. The fourth-order valence-electron chi connectivity index (χ4n) is 2.97. The first kappa shape index (κ1) is 12.8. The molecule has 104 valence electrons. The molecule has 0 aromatic heterocycles. The van der Waals surface area contributed by atoms with Crippen LogP contribution in [-0.4, -0.2) is 0 Å². The molecule has 0 bridgehead atoms. The van der Waals surface area contributed by atoms with E-state index in [4.69, 9.17) is 0 Å². The molecule has 0 N–H and O–H groups in total. The van der Waals surface area contributed by atoms with Crippen LogP contribution in [0, 0.1) is 0 Å². The van der Waals surface area contributed by atoms with Crippen molar-refractivity contribution in [1.82, 2.24) is 0 Å². The monoisotopic (exact) mass is 280 g/mol. The maximum atomic E-state index is 2.21. The number of fused-ring (bicyclic) bond motifs is 2. The molecule has 4 aromatic rings. The lowest BCUT2D eigenvalue weighted by atomic mass is 10.0. The summed E-state index contributed by atoms with van der Waals surface area (Å²) in [4.78, 5) is 0. The minimum atomic E-state index is 1.26. The molecular weight excluding hydrogens is 264 g/mol. The molecule has 0 aliphatic carbocycles. The lowest BCUT2D eigenvalue weighted by Crippen LogP contribution is -1.79. The summed E-state index contributed by atoms with van der Waals surface area (Å²) in [5.74, 6) is 0. The van der Waals surface area contributed by atoms with E-state index in [1.165, 1.54) is 32.7 Å². The van der Waals surface area contributed by atoms with Gasteiger partial charge in [0, 0.05) is 0 Å². The van der Waals surface area contributed by atoms with Gasteiger partial charge in [-0.25, -0.2) is 0 Å². The van der Waals surface area contributed by atoms with Crippen LogP contribution in [0.2, 0.25) is 0 Å². The summed E-state index contributed by atoms with van der Waals surface area (Å²) in [5, 5.41) is 5.15. The molecule has 0 heterocycles. The van der Waals surface area contributed by atoms with Crippen molar-refractivity contribution >= 4 is 33.7 Å². The number of hydrogen-bond acceptors (Lipinski definition) is 0. The van der Waals surface area contributed by atoms with Crippen LogP contribution in [0.15, 0.2) is 84.9 Å². The summed E-state index contributed by atoms with van der Waals surface area (Å²) in [6, 6.07) is 29.9. The molecule has 0 nitrogen and oxygen atoms in total. The van der Waals surface area contributed by atoms with Gasteiger partial charge in [0.15, 0.2) is 0 Å². The Bertz CT molecular complexity index is 885. The molecule has 4 rings (SSSR count). The van der Waals surface area contributed by atoms with Gasteiger partial charge >= 0.3 is 0 Å². The molecule has 0 aliphatic rings. The van der Waals surface area contributed by atoms with Crippen LogP contribution in [0.5, 0.6) is 0 Å². The zero-order valence-corrected chi connectivity index (χ0v) is 12.2. The standard InChI is InChI=1S/C22H16/c1-3-13-21-17(7-1)9-5-11-19(21)15-16-20-12-6-10-18-8-2-4-14-22(18)20/h1-16H/b16-15+. The van der Waals surface area contributed by atoms with E-state index in [9.17, 15) is 0 Å². The Morgan fingerprint density at radius 1 is 0.409 bits per heavy atom. The van der Waals surface area contributed by atoms with E-state index in [1.54, 1.807) is 0 Å². The Balaban J connectivity index is 1.83. The van der Waals surface area contributed by atoms with Gasteiger partial charge in [-0.1, -0.05) is 97.1 Å². The molecule has 0 aliphatic heterocycles. The third-order valence-corrected chi connectivity index (χ3v) is 4.09. The van der Waals surface area contributed by atoms with E-state index < -0.39 is 0 Å². The third-order valence-electron chi connectivity index (χ3n) is 4.09. The van der Waals surface area contributed by atoms with E-state index in [1.807, 2.05) is 0 Å². The van der Waals surface area contributed by atoms with E-state index in [-0.39, 0.29) is 0 Å². The predicted octanol–water partition coefficient (Wildman–Crippen LogP) is 6.16. The number of hydrogen-bond donors (Lipinski definition) is 0. The highest BCUT2D eigenvalue weighted by atomic mass is 14.0. The molecule has 0 unspecified atom stereocenters. The van der Waals surface area contributed by atoms with E-state index in [0.29, 0.717) is 0 Å². The summed E-state index contributed by atoms with van der Waals surface area (Å²) in [5.41, 5.74) is 2.51. The summed E-state index contributed by atoms with van der Waals surface area (Å²) < 4.78 is 0. The highest BCUT2D eigenvalue weighted by Crippen LogP contribution is 2.23. The maximum Gasteiger partial charge on any atom is -0.0111 e. The average molecular weight is 280 g/mol. The highest BCUT2D eigenvalue weighted by molar-refractivity contribution is 5.96. The molecule has 4 aromatic carbocycles. The Morgan fingerprint density at radius 3 is 1.32 bits per heavy atom. The van der Waals surface area contributed by atoms with E-state index >= 15 is 0 Å². The lowest BCUT2D eigenvalue weighted by molar-refractivity contribution is 1.70. The summed E-state index contributed by atoms with van der Waals surface area (Å²) >= 11 is 0. The molecule has 22 heavy (non-hydrogen) atoms. The Hall–Kier alpha value is -2.86. The number of benzene rings is 4. The Kier molecular flexibility index (Phi) is 3.21. The van der Waals surface area contributed by atoms with Crippen molar-refractivity contribution in [3.8, 4) is 0 Å². The predicted molar refractivity (Wildman–Crippen MR) is 96.8 cm³/mol. The molecule has 0 spiro atoms. The van der Waals surface area contributed by atoms with Gasteiger partial charge in [0.2, 0.25) is 0 Å². The molecule has 0 saturated heterocycles. The van der Waals surface area contributed by atoms with Crippen LogP contribution in [0.4, 0.5) is 0 Å². The fourth-order valence-corrected chi connectivity index (χ4v) is 2.97. The van der Waals surface area contributed by atoms with Crippen LogP contribution in [-0.2, 0) is 0 Å². The van der Waals surface area contributed by atoms with Crippen LogP contribution >= 0.6 is 0 Å². The highest BCUT2D eigenvalue weighted by Gasteiger charge is 1.99. The molecule has 0 atom stereocenters. The van der Waals surface area contributed by atoms with Crippen LogP contribution in [0.3, 0.4) is 0 Å². The zero-order valence-electron chi connectivity index (χ0n) is 12.2. The third kappa shape index (κ3) is 2.29. The maximum absolute atomic E-state index is 2.21. The summed E-state index contributed by atoms with van der Waals surface area (Å²) in [6.45, 7) is 0. The molecule has 0 amide bonds. The topological polar surface area (TPSA) is 0 Å². The van der Waals surface area contributed by atoms with Crippen molar-refractivity contribution in [2.45, 2.75) is 0 Å². The van der Waals surface area contributed by atoms with Gasteiger partial charge in [-0.05, 0) is 32.7 Å². The van der Waals surface area contributed by atoms with Crippen molar-refractivity contribution in [3.05, 3.63) is 96.1 Å². The van der Waals surface area contributed by atoms with Crippen LogP contribution < -0.4 is 0 Å². The van der Waals surface area contributed by atoms with Gasteiger partial charge in [-0.2, -0.15) is 0 Å². The second-order valence-electron chi connectivity index (χ2n) is 5.47. The van der Waals surface area contributed by atoms with Crippen LogP contribution in [0.25, 0.3) is 33.7 Å². The fraction of sp³-hybridized carbons (Fsp3) is 0. The first-order chi connectivity index (χ1) is 10.9. The first-order valence-corrected chi connectivity index (χ1v) is 7.55. The first-order valence-electron chi connectivity index (χ1n) is 7.55. The summed E-state index contributed by atoms with van der Waals surface area (Å²) in [6.07, 6.45) is 4.42. The van der Waals surface area contributed by atoms with Crippen molar-refractivity contribution in [3.63, 3.8) is 0 Å². The smallest absolute Gasteiger partial charge is 0.0111 e. The van der Waals surface area contributed by atoms with Gasteiger partial charge in [0.1, 0.15) is 0 Å². The van der Waals surface area contributed by atoms with E-state index in [0.717, 1.165) is 0 Å². The van der Waals surface area contributed by atoms with Gasteiger partial charge in [-0.3, -0.25) is 0 Å². The quantitative estimate of drug-likeness (QED) is 0.385. The van der Waals surface area contributed by atoms with Gasteiger partial charge < -0.3 is 0 Å². The second-order valence-corrected chi connectivity index (χ2v) is 5.47. The second kappa shape index (κ2) is 5.50.